The normalized spacial score (nSPS) is 10.8. The van der Waals surface area contributed by atoms with Crippen LogP contribution in [0.4, 0.5) is 17.1 Å². The third-order valence-corrected chi connectivity index (χ3v) is 5.63. The quantitative estimate of drug-likeness (QED) is 0.303. The van der Waals surface area contributed by atoms with Crippen LogP contribution in [0.25, 0.3) is 0 Å². The predicted octanol–water partition coefficient (Wildman–Crippen LogP) is 7.30. The molecule has 3 N–H and O–H groups in total. The van der Waals surface area contributed by atoms with Crippen LogP contribution in [0.15, 0.2) is 72.8 Å². The number of nitrogens with zero attached hydrogens (tertiary/aromatic N) is 1. The number of aromatic hydroxyl groups is 3. The van der Waals surface area contributed by atoms with Crippen LogP contribution < -0.4 is 9.64 Å². The Hall–Kier alpha value is -4.12. The van der Waals surface area contributed by atoms with E-state index in [0.717, 1.165) is 27.9 Å². The molecule has 4 aromatic carbocycles. The summed E-state index contributed by atoms with van der Waals surface area (Å²) in [6, 6.07) is 21.9. The average Bonchev–Trinajstić information content (AvgIpc) is 2.77. The lowest BCUT2D eigenvalue weighted by molar-refractivity contribution is 0.408. The SMILES string of the molecule is Cc1cc(C)c(Oc2ccc(N(c3cccc(C)c3O)c3cccc(C)c3O)cc2)c(O)c1. The molecule has 5 heteroatoms. The number of ether oxygens (including phenoxy) is 1. The summed E-state index contributed by atoms with van der Waals surface area (Å²) in [6.45, 7) is 7.47. The highest BCUT2D eigenvalue weighted by Gasteiger charge is 2.21. The standard InChI is InChI=1S/C28H27NO4/c1-17-15-20(4)28(25(30)16-17)33-22-13-11-21(12-14-22)29(23-9-5-7-18(2)26(23)31)24-10-6-8-19(3)27(24)32/h5-16,30-32H,1-4H3. The van der Waals surface area contributed by atoms with Crippen molar-refractivity contribution in [3.8, 4) is 28.7 Å². The molecule has 5 nitrogen and oxygen atoms in total. The summed E-state index contributed by atoms with van der Waals surface area (Å²) in [5.74, 6) is 1.34. The molecule has 0 saturated carbocycles. The Morgan fingerprint density at radius 1 is 0.636 bits per heavy atom. The maximum Gasteiger partial charge on any atom is 0.171 e. The number of rotatable bonds is 5. The van der Waals surface area contributed by atoms with E-state index in [1.165, 1.54) is 0 Å². The molecule has 0 amide bonds. The Kier molecular flexibility index (Phi) is 5.88. The Labute approximate surface area is 193 Å². The Balaban J connectivity index is 1.77. The summed E-state index contributed by atoms with van der Waals surface area (Å²) < 4.78 is 5.96. The predicted molar refractivity (Wildman–Crippen MR) is 132 cm³/mol. The van der Waals surface area contributed by atoms with Gasteiger partial charge in [0.1, 0.15) is 17.2 Å². The van der Waals surface area contributed by atoms with Crippen LogP contribution in [0.1, 0.15) is 22.3 Å². The molecule has 0 saturated heterocycles. The van der Waals surface area contributed by atoms with E-state index in [2.05, 4.69) is 0 Å². The van der Waals surface area contributed by atoms with Gasteiger partial charge in [-0.3, -0.25) is 0 Å². The third-order valence-electron chi connectivity index (χ3n) is 5.63. The van der Waals surface area contributed by atoms with E-state index < -0.39 is 0 Å². The van der Waals surface area contributed by atoms with Gasteiger partial charge < -0.3 is 25.0 Å². The minimum Gasteiger partial charge on any atom is -0.505 e. The minimum absolute atomic E-state index is 0.0903. The number of hydrogen-bond acceptors (Lipinski definition) is 5. The van der Waals surface area contributed by atoms with Gasteiger partial charge in [-0.15, -0.1) is 0 Å². The molecule has 0 spiro atoms. The lowest BCUT2D eigenvalue weighted by atomic mass is 10.1. The minimum atomic E-state index is 0.0903. The van der Waals surface area contributed by atoms with Crippen molar-refractivity contribution in [3.05, 3.63) is 95.1 Å². The molecule has 0 fully saturated rings. The van der Waals surface area contributed by atoms with Gasteiger partial charge in [-0.25, -0.2) is 0 Å². The third kappa shape index (κ3) is 4.30. The summed E-state index contributed by atoms with van der Waals surface area (Å²) in [7, 11) is 0. The second-order valence-corrected chi connectivity index (χ2v) is 8.25. The first-order chi connectivity index (χ1) is 15.8. The molecule has 0 unspecified atom stereocenters. The van der Waals surface area contributed by atoms with E-state index in [9.17, 15) is 15.3 Å². The number of para-hydroxylation sites is 2. The maximum atomic E-state index is 10.8. The van der Waals surface area contributed by atoms with Crippen molar-refractivity contribution in [1.82, 2.24) is 0 Å². The zero-order chi connectivity index (χ0) is 23.7. The molecule has 4 rings (SSSR count). The van der Waals surface area contributed by atoms with Crippen LogP contribution in [-0.2, 0) is 0 Å². The van der Waals surface area contributed by atoms with Gasteiger partial charge in [0.25, 0.3) is 0 Å². The molecular weight excluding hydrogens is 414 g/mol. The van der Waals surface area contributed by atoms with Crippen LogP contribution >= 0.6 is 0 Å². The zero-order valence-corrected chi connectivity index (χ0v) is 19.1. The number of aryl methyl sites for hydroxylation is 4. The van der Waals surface area contributed by atoms with Crippen LogP contribution in [0, 0.1) is 27.7 Å². The number of benzene rings is 4. The molecular formula is C28H27NO4. The molecule has 0 atom stereocenters. The van der Waals surface area contributed by atoms with E-state index in [-0.39, 0.29) is 17.2 Å². The van der Waals surface area contributed by atoms with Crippen LogP contribution in [0.3, 0.4) is 0 Å². The van der Waals surface area contributed by atoms with E-state index in [0.29, 0.717) is 22.9 Å². The molecule has 0 bridgehead atoms. The van der Waals surface area contributed by atoms with Gasteiger partial charge >= 0.3 is 0 Å². The molecule has 0 aliphatic heterocycles. The van der Waals surface area contributed by atoms with E-state index in [1.807, 2.05) is 87.2 Å². The summed E-state index contributed by atoms with van der Waals surface area (Å²) in [6.07, 6.45) is 0. The second kappa shape index (κ2) is 8.79. The first kappa shape index (κ1) is 22.1. The highest BCUT2D eigenvalue weighted by atomic mass is 16.5. The molecule has 0 aromatic heterocycles. The van der Waals surface area contributed by atoms with Gasteiger partial charge in [0.15, 0.2) is 11.5 Å². The Morgan fingerprint density at radius 2 is 1.18 bits per heavy atom. The van der Waals surface area contributed by atoms with Crippen molar-refractivity contribution in [2.45, 2.75) is 27.7 Å². The summed E-state index contributed by atoms with van der Waals surface area (Å²) in [5, 5.41) is 31.9. The van der Waals surface area contributed by atoms with Crippen LogP contribution in [0.5, 0.6) is 28.7 Å². The number of anilines is 3. The van der Waals surface area contributed by atoms with Crippen molar-refractivity contribution >= 4 is 17.1 Å². The highest BCUT2D eigenvalue weighted by Crippen LogP contribution is 2.45. The highest BCUT2D eigenvalue weighted by molar-refractivity contribution is 5.84. The van der Waals surface area contributed by atoms with Gasteiger partial charge in [0.05, 0.1) is 11.4 Å². The fraction of sp³-hybridized carbons (Fsp3) is 0.143. The van der Waals surface area contributed by atoms with Gasteiger partial charge in [-0.05, 0) is 92.4 Å². The lowest BCUT2D eigenvalue weighted by Gasteiger charge is -2.28. The monoisotopic (exact) mass is 441 g/mol. The van der Waals surface area contributed by atoms with Gasteiger partial charge in [0.2, 0.25) is 0 Å². The topological polar surface area (TPSA) is 73.2 Å². The molecule has 0 radical (unpaired) electrons. The molecule has 168 valence electrons. The summed E-state index contributed by atoms with van der Waals surface area (Å²) in [5.41, 5.74) is 5.10. The van der Waals surface area contributed by atoms with Gasteiger partial charge in [-0.2, -0.15) is 0 Å². The molecule has 0 aliphatic carbocycles. The van der Waals surface area contributed by atoms with Crippen molar-refractivity contribution in [3.63, 3.8) is 0 Å². The largest absolute Gasteiger partial charge is 0.505 e. The van der Waals surface area contributed by atoms with E-state index in [4.69, 9.17) is 4.74 Å². The fourth-order valence-corrected chi connectivity index (χ4v) is 3.90. The lowest BCUT2D eigenvalue weighted by Crippen LogP contribution is -2.11. The number of phenolic OH excluding ortho intramolecular Hbond substituents is 3. The van der Waals surface area contributed by atoms with Crippen LogP contribution in [-0.4, -0.2) is 15.3 Å². The Morgan fingerprint density at radius 3 is 1.70 bits per heavy atom. The summed E-state index contributed by atoms with van der Waals surface area (Å²) >= 11 is 0. The molecule has 0 heterocycles. The van der Waals surface area contributed by atoms with Crippen LogP contribution in [0.2, 0.25) is 0 Å². The van der Waals surface area contributed by atoms with Crippen molar-refractivity contribution in [1.29, 1.82) is 0 Å². The smallest absolute Gasteiger partial charge is 0.171 e. The zero-order valence-electron chi connectivity index (χ0n) is 19.1. The maximum absolute atomic E-state index is 10.8. The molecule has 33 heavy (non-hydrogen) atoms. The van der Waals surface area contributed by atoms with E-state index >= 15 is 0 Å². The molecule has 4 aromatic rings. The molecule has 0 aliphatic rings. The van der Waals surface area contributed by atoms with Crippen molar-refractivity contribution in [2.75, 3.05) is 4.90 Å². The number of phenols is 3. The number of hydrogen-bond donors (Lipinski definition) is 3. The van der Waals surface area contributed by atoms with Crippen molar-refractivity contribution in [2.24, 2.45) is 0 Å². The Bertz CT molecular complexity index is 1240. The average molecular weight is 442 g/mol. The van der Waals surface area contributed by atoms with Gasteiger partial charge in [-0.1, -0.05) is 30.3 Å². The first-order valence-corrected chi connectivity index (χ1v) is 10.7. The first-order valence-electron chi connectivity index (χ1n) is 10.7. The van der Waals surface area contributed by atoms with Crippen molar-refractivity contribution < 1.29 is 20.1 Å². The van der Waals surface area contributed by atoms with Gasteiger partial charge in [0, 0.05) is 5.69 Å². The fourth-order valence-electron chi connectivity index (χ4n) is 3.90. The van der Waals surface area contributed by atoms with E-state index in [1.54, 1.807) is 18.2 Å². The summed E-state index contributed by atoms with van der Waals surface area (Å²) in [4.78, 5) is 1.81. The second-order valence-electron chi connectivity index (χ2n) is 8.25.